The van der Waals surface area contributed by atoms with Gasteiger partial charge in [0, 0.05) is 13.2 Å². The zero-order chi connectivity index (χ0) is 11.9. The van der Waals surface area contributed by atoms with Crippen LogP contribution in [-0.2, 0) is 4.74 Å². The van der Waals surface area contributed by atoms with E-state index in [4.69, 9.17) is 4.74 Å². The zero-order valence-electron chi connectivity index (χ0n) is 8.65. The lowest BCUT2D eigenvalue weighted by atomic mass is 10.4. The molecule has 0 saturated heterocycles. The first kappa shape index (κ1) is 14.0. The summed E-state index contributed by atoms with van der Waals surface area (Å²) < 4.78 is 40.1. The van der Waals surface area contributed by atoms with Gasteiger partial charge >= 0.3 is 12.2 Å². The minimum absolute atomic E-state index is 0.178. The van der Waals surface area contributed by atoms with Gasteiger partial charge in [-0.3, -0.25) is 0 Å². The van der Waals surface area contributed by atoms with Crippen molar-refractivity contribution in [3.63, 3.8) is 0 Å². The van der Waals surface area contributed by atoms with Crippen LogP contribution in [0.1, 0.15) is 13.8 Å². The molecule has 0 bridgehead atoms. The number of carbonyl (C=O) groups excluding carboxylic acids is 1. The van der Waals surface area contributed by atoms with E-state index in [1.54, 1.807) is 19.2 Å². The molecule has 2 N–H and O–H groups in total. The Morgan fingerprint density at radius 1 is 1.40 bits per heavy atom. The molecule has 7 heteroatoms. The number of alkyl halides is 3. The Balaban J connectivity index is 3.58. The Labute approximate surface area is 86.2 Å². The van der Waals surface area contributed by atoms with Crippen LogP contribution in [0.4, 0.5) is 18.0 Å². The van der Waals surface area contributed by atoms with Crippen LogP contribution in [0.25, 0.3) is 0 Å². The SMILES string of the molecule is CCOC(C)CNC(=O)NCC(F)(F)F. The molecule has 0 aromatic carbocycles. The second-order valence-corrected chi connectivity index (χ2v) is 2.94. The van der Waals surface area contributed by atoms with Gasteiger partial charge in [-0.05, 0) is 13.8 Å². The average Bonchev–Trinajstić information content (AvgIpc) is 2.11. The second kappa shape index (κ2) is 6.49. The van der Waals surface area contributed by atoms with E-state index in [0.29, 0.717) is 6.61 Å². The fourth-order valence-electron chi connectivity index (χ4n) is 0.823. The molecule has 0 aromatic rings. The van der Waals surface area contributed by atoms with E-state index in [9.17, 15) is 18.0 Å². The maximum Gasteiger partial charge on any atom is 0.405 e. The van der Waals surface area contributed by atoms with Crippen molar-refractivity contribution < 1.29 is 22.7 Å². The molecule has 2 amide bonds. The van der Waals surface area contributed by atoms with Crippen LogP contribution in [0.2, 0.25) is 0 Å². The minimum Gasteiger partial charge on any atom is -0.377 e. The van der Waals surface area contributed by atoms with Gasteiger partial charge in [0.25, 0.3) is 0 Å². The number of amides is 2. The first-order valence-corrected chi connectivity index (χ1v) is 4.55. The molecule has 0 aromatic heterocycles. The van der Waals surface area contributed by atoms with E-state index in [1.165, 1.54) is 0 Å². The normalized spacial score (nSPS) is 13.4. The highest BCUT2D eigenvalue weighted by Crippen LogP contribution is 2.11. The van der Waals surface area contributed by atoms with Crippen LogP contribution in [0.15, 0.2) is 0 Å². The summed E-state index contributed by atoms with van der Waals surface area (Å²) in [6.07, 6.45) is -4.60. The number of nitrogens with one attached hydrogen (secondary N) is 2. The molecule has 0 aliphatic carbocycles. The lowest BCUT2D eigenvalue weighted by molar-refractivity contribution is -0.122. The maximum atomic E-state index is 11.7. The first-order valence-electron chi connectivity index (χ1n) is 4.55. The second-order valence-electron chi connectivity index (χ2n) is 2.94. The quantitative estimate of drug-likeness (QED) is 0.744. The third kappa shape index (κ3) is 9.33. The summed E-state index contributed by atoms with van der Waals surface area (Å²) in [6.45, 7) is 2.85. The van der Waals surface area contributed by atoms with Crippen molar-refractivity contribution in [3.8, 4) is 0 Å². The molecule has 1 atom stereocenters. The number of carbonyl (C=O) groups is 1. The van der Waals surface area contributed by atoms with Gasteiger partial charge in [-0.15, -0.1) is 0 Å². The number of ether oxygens (including phenoxy) is 1. The fourth-order valence-corrected chi connectivity index (χ4v) is 0.823. The van der Waals surface area contributed by atoms with E-state index in [2.05, 4.69) is 5.32 Å². The average molecular weight is 228 g/mol. The Kier molecular flexibility index (Phi) is 6.07. The summed E-state index contributed by atoms with van der Waals surface area (Å²) in [5.41, 5.74) is 0. The summed E-state index contributed by atoms with van der Waals surface area (Å²) in [4.78, 5) is 10.8. The molecular formula is C8H15F3N2O2. The van der Waals surface area contributed by atoms with Crippen molar-refractivity contribution in [2.75, 3.05) is 19.7 Å². The summed E-state index contributed by atoms with van der Waals surface area (Å²) in [5.74, 6) is 0. The highest BCUT2D eigenvalue weighted by atomic mass is 19.4. The Morgan fingerprint density at radius 2 is 2.00 bits per heavy atom. The predicted molar refractivity (Wildman–Crippen MR) is 48.5 cm³/mol. The molecule has 0 aliphatic heterocycles. The first-order chi connectivity index (χ1) is 6.85. The van der Waals surface area contributed by atoms with Crippen LogP contribution >= 0.6 is 0 Å². The third-order valence-electron chi connectivity index (χ3n) is 1.45. The molecule has 0 aliphatic rings. The summed E-state index contributed by atoms with van der Waals surface area (Å²) >= 11 is 0. The standard InChI is InChI=1S/C8H15F3N2O2/c1-3-15-6(2)4-12-7(14)13-5-8(9,10)11/h6H,3-5H2,1-2H3,(H2,12,13,14). The van der Waals surface area contributed by atoms with Crippen LogP contribution < -0.4 is 10.6 Å². The summed E-state index contributed by atoms with van der Waals surface area (Å²) in [5, 5.41) is 3.95. The topological polar surface area (TPSA) is 50.4 Å². The summed E-state index contributed by atoms with van der Waals surface area (Å²) in [6, 6.07) is -0.848. The highest BCUT2D eigenvalue weighted by molar-refractivity contribution is 5.73. The predicted octanol–water partition coefficient (Wildman–Crippen LogP) is 1.27. The minimum atomic E-state index is -4.39. The molecule has 0 heterocycles. The molecule has 4 nitrogen and oxygen atoms in total. The molecule has 0 spiro atoms. The molecule has 0 radical (unpaired) electrons. The molecule has 0 fully saturated rings. The third-order valence-corrected chi connectivity index (χ3v) is 1.45. The van der Waals surface area contributed by atoms with E-state index < -0.39 is 18.8 Å². The fraction of sp³-hybridized carbons (Fsp3) is 0.875. The largest absolute Gasteiger partial charge is 0.405 e. The van der Waals surface area contributed by atoms with Crippen molar-refractivity contribution in [1.29, 1.82) is 0 Å². The van der Waals surface area contributed by atoms with Crippen molar-refractivity contribution in [2.45, 2.75) is 26.1 Å². The Morgan fingerprint density at radius 3 is 2.47 bits per heavy atom. The lowest BCUT2D eigenvalue weighted by Crippen LogP contribution is -2.43. The van der Waals surface area contributed by atoms with Crippen LogP contribution in [0.3, 0.4) is 0 Å². The molecule has 1 unspecified atom stereocenters. The van der Waals surface area contributed by atoms with Gasteiger partial charge in [-0.2, -0.15) is 13.2 Å². The molecule has 0 rings (SSSR count). The van der Waals surface area contributed by atoms with Crippen LogP contribution in [0, 0.1) is 0 Å². The number of urea groups is 1. The van der Waals surface area contributed by atoms with Gasteiger partial charge in [0.15, 0.2) is 0 Å². The number of halogens is 3. The van der Waals surface area contributed by atoms with E-state index in [0.717, 1.165) is 0 Å². The number of hydrogen-bond donors (Lipinski definition) is 2. The lowest BCUT2D eigenvalue weighted by Gasteiger charge is -2.13. The van der Waals surface area contributed by atoms with E-state index >= 15 is 0 Å². The Hall–Kier alpha value is -0.980. The van der Waals surface area contributed by atoms with Gasteiger partial charge in [-0.25, -0.2) is 4.79 Å². The van der Waals surface area contributed by atoms with Gasteiger partial charge in [0.05, 0.1) is 6.10 Å². The van der Waals surface area contributed by atoms with Crippen molar-refractivity contribution in [1.82, 2.24) is 10.6 Å². The zero-order valence-corrected chi connectivity index (χ0v) is 8.65. The van der Waals surface area contributed by atoms with Gasteiger partial charge in [0.1, 0.15) is 6.54 Å². The van der Waals surface area contributed by atoms with E-state index in [1.807, 2.05) is 0 Å². The summed E-state index contributed by atoms with van der Waals surface area (Å²) in [7, 11) is 0. The van der Waals surface area contributed by atoms with Crippen molar-refractivity contribution >= 4 is 6.03 Å². The Bertz CT molecular complexity index is 197. The molecular weight excluding hydrogens is 213 g/mol. The van der Waals surface area contributed by atoms with Gasteiger partial charge in [0.2, 0.25) is 0 Å². The van der Waals surface area contributed by atoms with Crippen LogP contribution in [-0.4, -0.2) is 38.0 Å². The number of hydrogen-bond acceptors (Lipinski definition) is 2. The number of rotatable bonds is 5. The van der Waals surface area contributed by atoms with Crippen molar-refractivity contribution in [3.05, 3.63) is 0 Å². The smallest absolute Gasteiger partial charge is 0.377 e. The van der Waals surface area contributed by atoms with Crippen molar-refractivity contribution in [2.24, 2.45) is 0 Å². The van der Waals surface area contributed by atoms with Gasteiger partial charge in [-0.1, -0.05) is 0 Å². The molecule has 15 heavy (non-hydrogen) atoms. The maximum absolute atomic E-state index is 11.7. The molecule has 90 valence electrons. The van der Waals surface area contributed by atoms with Gasteiger partial charge < -0.3 is 15.4 Å². The van der Waals surface area contributed by atoms with E-state index in [-0.39, 0.29) is 12.6 Å². The molecule has 0 saturated carbocycles. The van der Waals surface area contributed by atoms with Crippen LogP contribution in [0.5, 0.6) is 0 Å². The monoisotopic (exact) mass is 228 g/mol. The highest BCUT2D eigenvalue weighted by Gasteiger charge is 2.27.